The van der Waals surface area contributed by atoms with E-state index in [0.29, 0.717) is 10.8 Å². The smallest absolute Gasteiger partial charge is 0.00209 e. The summed E-state index contributed by atoms with van der Waals surface area (Å²) >= 11 is 0. The molecule has 1 atom stereocenters. The van der Waals surface area contributed by atoms with Crippen LogP contribution in [0.5, 0.6) is 0 Å². The van der Waals surface area contributed by atoms with E-state index < -0.39 is 0 Å². The van der Waals surface area contributed by atoms with Gasteiger partial charge in [0.1, 0.15) is 0 Å². The maximum atomic E-state index is 3.61. The van der Waals surface area contributed by atoms with Crippen LogP contribution in [0.2, 0.25) is 0 Å². The molecule has 82 valence electrons. The van der Waals surface area contributed by atoms with E-state index in [-0.39, 0.29) is 0 Å². The summed E-state index contributed by atoms with van der Waals surface area (Å²) in [5.74, 6) is 0.783. The van der Waals surface area contributed by atoms with E-state index in [0.717, 1.165) is 5.92 Å². The average Bonchev–Trinajstić information content (AvgIpc) is 2.24. The molecular formula is C12H24N2. The molecule has 1 spiro atoms. The molecule has 2 heterocycles. The van der Waals surface area contributed by atoms with Crippen LogP contribution in [-0.4, -0.2) is 26.2 Å². The second-order valence-electron chi connectivity index (χ2n) is 6.02. The second-order valence-corrected chi connectivity index (χ2v) is 6.02. The first kappa shape index (κ1) is 10.4. The highest BCUT2D eigenvalue weighted by Crippen LogP contribution is 2.44. The third-order valence-electron chi connectivity index (χ3n) is 4.53. The fourth-order valence-electron chi connectivity index (χ4n) is 2.92. The van der Waals surface area contributed by atoms with Gasteiger partial charge in [0.15, 0.2) is 0 Å². The lowest BCUT2D eigenvalue weighted by Gasteiger charge is -2.47. The van der Waals surface area contributed by atoms with Crippen molar-refractivity contribution in [1.82, 2.24) is 10.6 Å². The minimum Gasteiger partial charge on any atom is -0.316 e. The summed E-state index contributed by atoms with van der Waals surface area (Å²) in [5, 5.41) is 7.06. The third kappa shape index (κ3) is 1.70. The molecule has 1 unspecified atom stereocenters. The highest BCUT2D eigenvalue weighted by Gasteiger charge is 2.45. The van der Waals surface area contributed by atoms with Crippen molar-refractivity contribution in [2.75, 3.05) is 26.2 Å². The normalized spacial score (nSPS) is 36.9. The van der Waals surface area contributed by atoms with Crippen LogP contribution in [0.15, 0.2) is 0 Å². The molecule has 0 bridgehead atoms. The molecule has 2 fully saturated rings. The van der Waals surface area contributed by atoms with Gasteiger partial charge in [-0.05, 0) is 36.1 Å². The Morgan fingerprint density at radius 2 is 1.79 bits per heavy atom. The Morgan fingerprint density at radius 3 is 2.29 bits per heavy atom. The lowest BCUT2D eigenvalue weighted by atomic mass is 9.64. The first-order valence-corrected chi connectivity index (χ1v) is 5.98. The zero-order chi connectivity index (χ0) is 10.2. The molecule has 2 heteroatoms. The minimum absolute atomic E-state index is 0.499. The highest BCUT2D eigenvalue weighted by atomic mass is 15.0. The van der Waals surface area contributed by atoms with Gasteiger partial charge in [-0.1, -0.05) is 20.8 Å². The molecule has 14 heavy (non-hydrogen) atoms. The summed E-state index contributed by atoms with van der Waals surface area (Å²) in [6, 6.07) is 0. The molecule has 2 saturated heterocycles. The van der Waals surface area contributed by atoms with E-state index in [1.807, 2.05) is 0 Å². The van der Waals surface area contributed by atoms with Crippen LogP contribution in [0.3, 0.4) is 0 Å². The topological polar surface area (TPSA) is 24.1 Å². The Morgan fingerprint density at radius 1 is 1.07 bits per heavy atom. The summed E-state index contributed by atoms with van der Waals surface area (Å²) in [6.07, 6.45) is 2.76. The van der Waals surface area contributed by atoms with E-state index in [1.165, 1.54) is 39.0 Å². The molecule has 0 aromatic carbocycles. The second kappa shape index (κ2) is 3.49. The Hall–Kier alpha value is -0.0800. The fraction of sp³-hybridized carbons (Fsp3) is 1.00. The van der Waals surface area contributed by atoms with E-state index in [2.05, 4.69) is 31.4 Å². The van der Waals surface area contributed by atoms with Gasteiger partial charge in [0, 0.05) is 19.6 Å². The van der Waals surface area contributed by atoms with E-state index >= 15 is 0 Å². The summed E-state index contributed by atoms with van der Waals surface area (Å²) < 4.78 is 0. The van der Waals surface area contributed by atoms with Crippen molar-refractivity contribution in [2.24, 2.45) is 16.7 Å². The lowest BCUT2D eigenvalue weighted by molar-refractivity contribution is 0.0652. The van der Waals surface area contributed by atoms with Crippen LogP contribution in [0.4, 0.5) is 0 Å². The van der Waals surface area contributed by atoms with Crippen molar-refractivity contribution >= 4 is 0 Å². The zero-order valence-corrected chi connectivity index (χ0v) is 9.82. The zero-order valence-electron chi connectivity index (χ0n) is 9.82. The number of hydrogen-bond donors (Lipinski definition) is 2. The van der Waals surface area contributed by atoms with Crippen molar-refractivity contribution in [3.05, 3.63) is 0 Å². The van der Waals surface area contributed by atoms with Gasteiger partial charge in [0.25, 0.3) is 0 Å². The molecule has 0 saturated carbocycles. The summed E-state index contributed by atoms with van der Waals surface area (Å²) in [5.41, 5.74) is 1.13. The van der Waals surface area contributed by atoms with E-state index in [4.69, 9.17) is 0 Å². The maximum Gasteiger partial charge on any atom is 0.00209 e. The summed E-state index contributed by atoms with van der Waals surface area (Å²) in [6.45, 7) is 12.1. The van der Waals surface area contributed by atoms with Crippen molar-refractivity contribution in [1.29, 1.82) is 0 Å². The van der Waals surface area contributed by atoms with Crippen LogP contribution in [0.1, 0.15) is 33.6 Å². The molecule has 0 radical (unpaired) electrons. The SMILES string of the molecule is CC(C)C1(C)CNCCC2(CNC2)C1. The molecule has 2 rings (SSSR count). The molecule has 2 nitrogen and oxygen atoms in total. The van der Waals surface area contributed by atoms with Gasteiger partial charge in [-0.3, -0.25) is 0 Å². The Bertz CT molecular complexity index is 208. The van der Waals surface area contributed by atoms with Gasteiger partial charge >= 0.3 is 0 Å². The molecule has 0 aliphatic carbocycles. The number of nitrogens with one attached hydrogen (secondary N) is 2. The van der Waals surface area contributed by atoms with Crippen LogP contribution in [0, 0.1) is 16.7 Å². The van der Waals surface area contributed by atoms with Crippen molar-refractivity contribution in [3.8, 4) is 0 Å². The molecule has 0 amide bonds. The predicted octanol–water partition coefficient (Wildman–Crippen LogP) is 1.62. The number of hydrogen-bond acceptors (Lipinski definition) is 2. The quantitative estimate of drug-likeness (QED) is 0.666. The third-order valence-corrected chi connectivity index (χ3v) is 4.53. The van der Waals surface area contributed by atoms with Gasteiger partial charge < -0.3 is 10.6 Å². The summed E-state index contributed by atoms with van der Waals surface area (Å²) in [4.78, 5) is 0. The van der Waals surface area contributed by atoms with Crippen molar-refractivity contribution < 1.29 is 0 Å². The van der Waals surface area contributed by atoms with Gasteiger partial charge in [0.05, 0.1) is 0 Å². The van der Waals surface area contributed by atoms with E-state index in [9.17, 15) is 0 Å². The minimum atomic E-state index is 0.499. The van der Waals surface area contributed by atoms with Crippen LogP contribution in [0.25, 0.3) is 0 Å². The first-order valence-electron chi connectivity index (χ1n) is 5.98. The Kier molecular flexibility index (Phi) is 2.61. The molecule has 2 N–H and O–H groups in total. The standard InChI is InChI=1S/C12H24N2/c1-10(2)11(3)6-12(8-14-9-12)4-5-13-7-11/h10,13-14H,4-9H2,1-3H3. The molecule has 0 aromatic heterocycles. The van der Waals surface area contributed by atoms with Crippen LogP contribution >= 0.6 is 0 Å². The van der Waals surface area contributed by atoms with Gasteiger partial charge in [-0.15, -0.1) is 0 Å². The largest absolute Gasteiger partial charge is 0.316 e. The summed E-state index contributed by atoms with van der Waals surface area (Å²) in [7, 11) is 0. The fourth-order valence-corrected chi connectivity index (χ4v) is 2.92. The molecule has 2 aliphatic rings. The first-order chi connectivity index (χ1) is 6.56. The maximum absolute atomic E-state index is 3.61. The molecular weight excluding hydrogens is 172 g/mol. The van der Waals surface area contributed by atoms with E-state index in [1.54, 1.807) is 0 Å². The molecule has 0 aromatic rings. The monoisotopic (exact) mass is 196 g/mol. The van der Waals surface area contributed by atoms with Crippen LogP contribution < -0.4 is 10.6 Å². The van der Waals surface area contributed by atoms with Crippen LogP contribution in [-0.2, 0) is 0 Å². The van der Waals surface area contributed by atoms with Crippen molar-refractivity contribution in [3.63, 3.8) is 0 Å². The average molecular weight is 196 g/mol. The molecule has 2 aliphatic heterocycles. The van der Waals surface area contributed by atoms with Gasteiger partial charge in [-0.25, -0.2) is 0 Å². The Labute approximate surface area is 87.8 Å². The number of rotatable bonds is 1. The Balaban J connectivity index is 2.11. The highest BCUT2D eigenvalue weighted by molar-refractivity contribution is 5.00. The van der Waals surface area contributed by atoms with Crippen molar-refractivity contribution in [2.45, 2.75) is 33.6 Å². The lowest BCUT2D eigenvalue weighted by Crippen LogP contribution is -2.55. The van der Waals surface area contributed by atoms with Gasteiger partial charge in [-0.2, -0.15) is 0 Å². The predicted molar refractivity (Wildman–Crippen MR) is 60.4 cm³/mol. The van der Waals surface area contributed by atoms with Gasteiger partial charge in [0.2, 0.25) is 0 Å².